The SMILES string of the molecule is CC(CC(=O)O)OCC=O. The Morgan fingerprint density at radius 2 is 2.40 bits per heavy atom. The van der Waals surface area contributed by atoms with E-state index in [0.29, 0.717) is 6.29 Å². The van der Waals surface area contributed by atoms with Gasteiger partial charge in [-0.3, -0.25) is 4.79 Å². The highest BCUT2D eigenvalue weighted by Gasteiger charge is 2.05. The minimum atomic E-state index is -0.918. The summed E-state index contributed by atoms with van der Waals surface area (Å²) in [5.41, 5.74) is 0. The quantitative estimate of drug-likeness (QED) is 0.557. The van der Waals surface area contributed by atoms with Crippen molar-refractivity contribution in [3.63, 3.8) is 0 Å². The maximum Gasteiger partial charge on any atom is 0.305 e. The van der Waals surface area contributed by atoms with Crippen molar-refractivity contribution in [2.75, 3.05) is 6.61 Å². The molecule has 0 radical (unpaired) electrons. The van der Waals surface area contributed by atoms with Gasteiger partial charge in [0, 0.05) is 0 Å². The van der Waals surface area contributed by atoms with Gasteiger partial charge in [0.15, 0.2) is 0 Å². The summed E-state index contributed by atoms with van der Waals surface area (Å²) in [6.07, 6.45) is 0.148. The van der Waals surface area contributed by atoms with E-state index in [-0.39, 0.29) is 19.1 Å². The van der Waals surface area contributed by atoms with Crippen LogP contribution in [0.4, 0.5) is 0 Å². The smallest absolute Gasteiger partial charge is 0.305 e. The number of aldehydes is 1. The molecule has 1 unspecified atom stereocenters. The van der Waals surface area contributed by atoms with Gasteiger partial charge in [0.1, 0.15) is 12.9 Å². The molecule has 0 aliphatic heterocycles. The molecule has 1 atom stereocenters. The van der Waals surface area contributed by atoms with Gasteiger partial charge in [-0.1, -0.05) is 0 Å². The van der Waals surface area contributed by atoms with Gasteiger partial charge in [0.05, 0.1) is 12.5 Å². The zero-order chi connectivity index (χ0) is 7.98. The maximum absolute atomic E-state index is 10.0. The van der Waals surface area contributed by atoms with Crippen molar-refractivity contribution in [2.24, 2.45) is 0 Å². The van der Waals surface area contributed by atoms with Gasteiger partial charge in [-0.05, 0) is 6.92 Å². The van der Waals surface area contributed by atoms with Crippen LogP contribution in [0.1, 0.15) is 13.3 Å². The lowest BCUT2D eigenvalue weighted by Gasteiger charge is -2.05. The standard InChI is InChI=1S/C6H10O4/c1-5(4-6(8)9)10-3-2-7/h2,5H,3-4H2,1H3,(H,8,9). The Hall–Kier alpha value is -0.900. The van der Waals surface area contributed by atoms with E-state index < -0.39 is 5.97 Å². The molecule has 0 saturated heterocycles. The van der Waals surface area contributed by atoms with E-state index in [2.05, 4.69) is 0 Å². The summed E-state index contributed by atoms with van der Waals surface area (Å²) in [7, 11) is 0. The van der Waals surface area contributed by atoms with E-state index in [4.69, 9.17) is 9.84 Å². The first kappa shape index (κ1) is 9.10. The molecule has 0 spiro atoms. The van der Waals surface area contributed by atoms with E-state index in [9.17, 15) is 9.59 Å². The van der Waals surface area contributed by atoms with Crippen molar-refractivity contribution in [1.29, 1.82) is 0 Å². The Bertz CT molecular complexity index is 121. The Morgan fingerprint density at radius 3 is 2.80 bits per heavy atom. The number of carboxylic acid groups (broad SMARTS) is 1. The lowest BCUT2D eigenvalue weighted by atomic mass is 10.3. The highest BCUT2D eigenvalue weighted by molar-refractivity contribution is 5.67. The number of hydrogen-bond acceptors (Lipinski definition) is 3. The zero-order valence-electron chi connectivity index (χ0n) is 5.74. The molecule has 4 nitrogen and oxygen atoms in total. The fourth-order valence-corrected chi connectivity index (χ4v) is 0.508. The van der Waals surface area contributed by atoms with E-state index in [0.717, 1.165) is 0 Å². The minimum Gasteiger partial charge on any atom is -0.481 e. The Kier molecular flexibility index (Phi) is 4.49. The summed E-state index contributed by atoms with van der Waals surface area (Å²) in [4.78, 5) is 19.7. The lowest BCUT2D eigenvalue weighted by molar-refractivity contribution is -0.140. The van der Waals surface area contributed by atoms with E-state index in [1.165, 1.54) is 0 Å². The van der Waals surface area contributed by atoms with Crippen LogP contribution in [-0.2, 0) is 14.3 Å². The largest absolute Gasteiger partial charge is 0.481 e. The summed E-state index contributed by atoms with van der Waals surface area (Å²) in [6.45, 7) is 1.58. The molecule has 0 fully saturated rings. The summed E-state index contributed by atoms with van der Waals surface area (Å²) in [5.74, 6) is -0.918. The van der Waals surface area contributed by atoms with Crippen molar-refractivity contribution < 1.29 is 19.4 Å². The van der Waals surface area contributed by atoms with Crippen LogP contribution >= 0.6 is 0 Å². The van der Waals surface area contributed by atoms with Crippen LogP contribution in [0.5, 0.6) is 0 Å². The number of carboxylic acids is 1. The van der Waals surface area contributed by atoms with Crippen LogP contribution in [0.15, 0.2) is 0 Å². The molecule has 10 heavy (non-hydrogen) atoms. The Labute approximate surface area is 58.8 Å². The molecular weight excluding hydrogens is 136 g/mol. The predicted octanol–water partition coefficient (Wildman–Crippen LogP) is 0.0651. The third-order valence-electron chi connectivity index (χ3n) is 0.911. The fourth-order valence-electron chi connectivity index (χ4n) is 0.508. The van der Waals surface area contributed by atoms with E-state index in [1.807, 2.05) is 0 Å². The third kappa shape index (κ3) is 5.24. The molecule has 0 saturated carbocycles. The average Bonchev–Trinajstić information content (AvgIpc) is 1.82. The van der Waals surface area contributed by atoms with Crippen molar-refractivity contribution in [3.05, 3.63) is 0 Å². The van der Waals surface area contributed by atoms with Crippen LogP contribution in [-0.4, -0.2) is 30.1 Å². The highest BCUT2D eigenvalue weighted by atomic mass is 16.5. The first-order chi connectivity index (χ1) is 4.66. The monoisotopic (exact) mass is 146 g/mol. The van der Waals surface area contributed by atoms with Crippen molar-refractivity contribution in [3.8, 4) is 0 Å². The van der Waals surface area contributed by atoms with Crippen LogP contribution in [0, 0.1) is 0 Å². The van der Waals surface area contributed by atoms with Crippen LogP contribution < -0.4 is 0 Å². The molecule has 0 rings (SSSR count). The number of carbonyl (C=O) groups is 2. The third-order valence-corrected chi connectivity index (χ3v) is 0.911. The fraction of sp³-hybridized carbons (Fsp3) is 0.667. The predicted molar refractivity (Wildman–Crippen MR) is 33.7 cm³/mol. The van der Waals surface area contributed by atoms with Gasteiger partial charge >= 0.3 is 5.97 Å². The molecule has 0 bridgehead atoms. The average molecular weight is 146 g/mol. The molecule has 0 heterocycles. The minimum absolute atomic E-state index is 0.0333. The Morgan fingerprint density at radius 1 is 1.80 bits per heavy atom. The summed E-state index contributed by atoms with van der Waals surface area (Å²) in [6, 6.07) is 0. The van der Waals surface area contributed by atoms with Crippen LogP contribution in [0.2, 0.25) is 0 Å². The number of carbonyl (C=O) groups excluding carboxylic acids is 1. The molecule has 0 aliphatic rings. The first-order valence-corrected chi connectivity index (χ1v) is 2.94. The lowest BCUT2D eigenvalue weighted by Crippen LogP contribution is -2.14. The van der Waals surface area contributed by atoms with Crippen molar-refractivity contribution in [2.45, 2.75) is 19.4 Å². The normalized spacial score (nSPS) is 12.5. The van der Waals surface area contributed by atoms with E-state index >= 15 is 0 Å². The van der Waals surface area contributed by atoms with Gasteiger partial charge in [-0.25, -0.2) is 0 Å². The Balaban J connectivity index is 3.33. The second-order valence-electron chi connectivity index (χ2n) is 1.91. The van der Waals surface area contributed by atoms with Gasteiger partial charge in [-0.2, -0.15) is 0 Å². The maximum atomic E-state index is 10.0. The van der Waals surface area contributed by atoms with Gasteiger partial charge in [-0.15, -0.1) is 0 Å². The van der Waals surface area contributed by atoms with Crippen LogP contribution in [0.25, 0.3) is 0 Å². The summed E-state index contributed by atoms with van der Waals surface area (Å²) < 4.78 is 4.75. The molecule has 1 N–H and O–H groups in total. The second-order valence-corrected chi connectivity index (χ2v) is 1.91. The molecular formula is C6H10O4. The first-order valence-electron chi connectivity index (χ1n) is 2.94. The number of rotatable bonds is 5. The molecule has 0 aliphatic carbocycles. The summed E-state index contributed by atoms with van der Waals surface area (Å²) in [5, 5.41) is 8.21. The molecule has 0 aromatic carbocycles. The number of ether oxygens (including phenoxy) is 1. The van der Waals surface area contributed by atoms with E-state index in [1.54, 1.807) is 6.92 Å². The van der Waals surface area contributed by atoms with Gasteiger partial charge < -0.3 is 14.6 Å². The van der Waals surface area contributed by atoms with Crippen molar-refractivity contribution >= 4 is 12.3 Å². The van der Waals surface area contributed by atoms with Crippen molar-refractivity contribution in [1.82, 2.24) is 0 Å². The number of hydrogen-bond donors (Lipinski definition) is 1. The molecule has 0 amide bonds. The highest BCUT2D eigenvalue weighted by Crippen LogP contribution is 1.95. The molecule has 0 aromatic heterocycles. The molecule has 58 valence electrons. The molecule has 4 heteroatoms. The topological polar surface area (TPSA) is 63.6 Å². The van der Waals surface area contributed by atoms with Gasteiger partial charge in [0.25, 0.3) is 0 Å². The van der Waals surface area contributed by atoms with Gasteiger partial charge in [0.2, 0.25) is 0 Å². The summed E-state index contributed by atoms with van der Waals surface area (Å²) >= 11 is 0. The zero-order valence-corrected chi connectivity index (χ0v) is 5.74. The van der Waals surface area contributed by atoms with Crippen LogP contribution in [0.3, 0.4) is 0 Å². The number of aliphatic carboxylic acids is 1. The molecule has 0 aromatic rings. The second kappa shape index (κ2) is 4.93.